The van der Waals surface area contributed by atoms with Gasteiger partial charge in [-0.05, 0) is 96.3 Å². The molecule has 1 amide bonds. The molecule has 71 heavy (non-hydrogen) atoms. The molecule has 0 spiro atoms. The van der Waals surface area contributed by atoms with Gasteiger partial charge in [-0.15, -0.1) is 0 Å². The fraction of sp³-hybridized carbons (Fsp3) is 0.800. The van der Waals surface area contributed by atoms with Crippen molar-refractivity contribution in [1.29, 1.82) is 0 Å². The summed E-state index contributed by atoms with van der Waals surface area (Å²) < 4.78 is 16.6. The number of hydrogen-bond acceptors (Lipinski definition) is 10. The Balaban J connectivity index is 2.06. The topological polar surface area (TPSA) is 175 Å². The van der Waals surface area contributed by atoms with Crippen LogP contribution in [-0.2, 0) is 23.8 Å². The van der Waals surface area contributed by atoms with Crippen LogP contribution in [0.2, 0.25) is 0 Å². The Bertz CT molecular complexity index is 1360. The van der Waals surface area contributed by atoms with Gasteiger partial charge < -0.3 is 45.1 Å². The number of carbonyl (C=O) groups excluding carboxylic acids is 2. The Morgan fingerprint density at radius 3 is 1.46 bits per heavy atom. The summed E-state index contributed by atoms with van der Waals surface area (Å²) in [5.74, 6) is -0.223. The molecule has 0 saturated carbocycles. The summed E-state index contributed by atoms with van der Waals surface area (Å²) >= 11 is 0. The van der Waals surface area contributed by atoms with Gasteiger partial charge >= 0.3 is 5.97 Å². The minimum absolute atomic E-state index is 0.0154. The van der Waals surface area contributed by atoms with Crippen molar-refractivity contribution in [3.63, 3.8) is 0 Å². The van der Waals surface area contributed by atoms with Gasteiger partial charge in [0.1, 0.15) is 24.4 Å². The first-order valence-electron chi connectivity index (χ1n) is 29.1. The molecule has 7 unspecified atom stereocenters. The van der Waals surface area contributed by atoms with Gasteiger partial charge in [0.05, 0.1) is 32.0 Å². The number of carbonyl (C=O) groups is 2. The van der Waals surface area contributed by atoms with E-state index in [4.69, 9.17) is 14.2 Å². The van der Waals surface area contributed by atoms with Gasteiger partial charge in [0.25, 0.3) is 0 Å². The van der Waals surface area contributed by atoms with Gasteiger partial charge in [-0.2, -0.15) is 0 Å². The lowest BCUT2D eigenvalue weighted by molar-refractivity contribution is -0.302. The van der Waals surface area contributed by atoms with E-state index in [1.165, 1.54) is 128 Å². The van der Waals surface area contributed by atoms with Gasteiger partial charge in [-0.3, -0.25) is 9.59 Å². The molecule has 0 radical (unpaired) electrons. The molecule has 0 aromatic carbocycles. The molecule has 6 N–H and O–H groups in total. The van der Waals surface area contributed by atoms with E-state index in [9.17, 15) is 35.1 Å². The van der Waals surface area contributed by atoms with Crippen LogP contribution in [0, 0.1) is 0 Å². The van der Waals surface area contributed by atoms with Gasteiger partial charge in [-0.25, -0.2) is 0 Å². The summed E-state index contributed by atoms with van der Waals surface area (Å²) in [6.07, 6.45) is 53.3. The Morgan fingerprint density at radius 2 is 0.958 bits per heavy atom. The molecule has 1 aliphatic rings. The van der Waals surface area contributed by atoms with E-state index in [0.29, 0.717) is 19.4 Å². The second-order valence-electron chi connectivity index (χ2n) is 19.9. The molecule has 0 aliphatic carbocycles. The molecule has 1 aliphatic heterocycles. The minimum atomic E-state index is -1.58. The van der Waals surface area contributed by atoms with Gasteiger partial charge in [0.2, 0.25) is 5.91 Å². The third-order valence-corrected chi connectivity index (χ3v) is 13.3. The first kappa shape index (κ1) is 66.4. The van der Waals surface area contributed by atoms with Crippen molar-refractivity contribution >= 4 is 11.9 Å². The summed E-state index contributed by atoms with van der Waals surface area (Å²) in [5, 5.41) is 54.2. The van der Waals surface area contributed by atoms with Crippen LogP contribution in [0.4, 0.5) is 0 Å². The summed E-state index contributed by atoms with van der Waals surface area (Å²) in [4.78, 5) is 25.0. The molecule has 412 valence electrons. The number of amides is 1. The molecule has 1 saturated heterocycles. The molecule has 7 atom stereocenters. The second kappa shape index (κ2) is 49.6. The quantitative estimate of drug-likeness (QED) is 0.0195. The highest BCUT2D eigenvalue weighted by atomic mass is 16.7. The average molecular weight is 1000 g/mol. The molecular weight excluding hydrogens is 895 g/mol. The summed E-state index contributed by atoms with van der Waals surface area (Å²) in [5.41, 5.74) is 0. The first-order valence-corrected chi connectivity index (χ1v) is 29.1. The number of allylic oxidation sites excluding steroid dienone is 9. The number of aliphatic hydroxyl groups excluding tert-OH is 5. The number of hydrogen-bond donors (Lipinski definition) is 6. The number of aliphatic hydroxyl groups is 5. The Morgan fingerprint density at radius 1 is 0.521 bits per heavy atom. The van der Waals surface area contributed by atoms with Crippen LogP contribution >= 0.6 is 0 Å². The van der Waals surface area contributed by atoms with Gasteiger partial charge in [0, 0.05) is 12.8 Å². The lowest BCUT2D eigenvalue weighted by atomic mass is 9.99. The predicted octanol–water partition coefficient (Wildman–Crippen LogP) is 13.1. The van der Waals surface area contributed by atoms with Crippen LogP contribution in [0.1, 0.15) is 245 Å². The average Bonchev–Trinajstić information content (AvgIpc) is 3.37. The number of nitrogens with one attached hydrogen (secondary N) is 1. The Kier molecular flexibility index (Phi) is 46.3. The van der Waals surface area contributed by atoms with E-state index >= 15 is 0 Å². The standard InChI is InChI=1S/C60H107NO10/c1-3-5-7-9-11-13-27-32-36-40-44-48-56(65)69-49-45-41-37-33-29-26-24-22-20-18-16-15-17-19-21-23-25-28-31-35-39-43-47-55(64)61-52(51-70-60-59(68)58(67)57(66)54(50-62)71-60)53(63)46-42-38-34-30-14-12-10-8-6-4-2/h6,8-9,11,14,17,19,30,42,46,52-54,57-60,62-63,66-68H,3-5,7,10,12-13,15-16,18,20-29,31-41,43-45,47-51H2,1-2H3,(H,61,64)/b8-6+,11-9-,19-17-,30-14+,46-42+. The highest BCUT2D eigenvalue weighted by molar-refractivity contribution is 5.76. The van der Waals surface area contributed by atoms with Crippen LogP contribution < -0.4 is 5.32 Å². The van der Waals surface area contributed by atoms with Crippen LogP contribution in [0.15, 0.2) is 60.8 Å². The van der Waals surface area contributed by atoms with E-state index < -0.39 is 49.5 Å². The minimum Gasteiger partial charge on any atom is -0.466 e. The van der Waals surface area contributed by atoms with Crippen LogP contribution in [0.5, 0.6) is 0 Å². The maximum absolute atomic E-state index is 13.0. The lowest BCUT2D eigenvalue weighted by Gasteiger charge is -2.40. The highest BCUT2D eigenvalue weighted by Crippen LogP contribution is 2.23. The van der Waals surface area contributed by atoms with Crippen molar-refractivity contribution in [2.45, 2.75) is 288 Å². The van der Waals surface area contributed by atoms with E-state index in [0.717, 1.165) is 89.9 Å². The maximum Gasteiger partial charge on any atom is 0.305 e. The third kappa shape index (κ3) is 39.5. The van der Waals surface area contributed by atoms with Crippen molar-refractivity contribution in [2.75, 3.05) is 19.8 Å². The molecule has 0 aromatic rings. The second-order valence-corrected chi connectivity index (χ2v) is 19.9. The van der Waals surface area contributed by atoms with E-state index in [1.54, 1.807) is 6.08 Å². The van der Waals surface area contributed by atoms with Crippen molar-refractivity contribution in [2.24, 2.45) is 0 Å². The zero-order valence-corrected chi connectivity index (χ0v) is 45.2. The molecule has 11 nitrogen and oxygen atoms in total. The maximum atomic E-state index is 13.0. The highest BCUT2D eigenvalue weighted by Gasteiger charge is 2.44. The summed E-state index contributed by atoms with van der Waals surface area (Å²) in [6.45, 7) is 4.14. The molecule has 0 aromatic heterocycles. The van der Waals surface area contributed by atoms with E-state index in [1.807, 2.05) is 6.08 Å². The number of ether oxygens (including phenoxy) is 3. The number of esters is 1. The molecule has 11 heteroatoms. The van der Waals surface area contributed by atoms with Crippen molar-refractivity contribution < 1.29 is 49.3 Å². The first-order chi connectivity index (χ1) is 34.7. The van der Waals surface area contributed by atoms with Gasteiger partial charge in [0.15, 0.2) is 6.29 Å². The largest absolute Gasteiger partial charge is 0.466 e. The zero-order valence-electron chi connectivity index (χ0n) is 45.2. The monoisotopic (exact) mass is 1000 g/mol. The van der Waals surface area contributed by atoms with Crippen LogP contribution in [0.3, 0.4) is 0 Å². The van der Waals surface area contributed by atoms with Crippen LogP contribution in [0.25, 0.3) is 0 Å². The van der Waals surface area contributed by atoms with E-state index in [2.05, 4.69) is 67.8 Å². The van der Waals surface area contributed by atoms with Crippen molar-refractivity contribution in [1.82, 2.24) is 5.32 Å². The number of rotatable bonds is 49. The zero-order chi connectivity index (χ0) is 51.7. The molecule has 0 bridgehead atoms. The van der Waals surface area contributed by atoms with Gasteiger partial charge in [-0.1, -0.05) is 197 Å². The fourth-order valence-electron chi connectivity index (χ4n) is 8.68. The lowest BCUT2D eigenvalue weighted by Crippen LogP contribution is -2.60. The molecular formula is C60H107NO10. The van der Waals surface area contributed by atoms with Crippen LogP contribution in [-0.4, -0.2) is 100 Å². The smallest absolute Gasteiger partial charge is 0.305 e. The number of unbranched alkanes of at least 4 members (excludes halogenated alkanes) is 27. The Labute approximate surface area is 433 Å². The third-order valence-electron chi connectivity index (χ3n) is 13.3. The molecule has 1 fully saturated rings. The van der Waals surface area contributed by atoms with E-state index in [-0.39, 0.29) is 18.5 Å². The summed E-state index contributed by atoms with van der Waals surface area (Å²) in [6, 6.07) is -0.839. The molecule has 1 rings (SSSR count). The normalized spacial score (nSPS) is 19.6. The predicted molar refractivity (Wildman–Crippen MR) is 292 cm³/mol. The Hall–Kier alpha value is -2.64. The summed E-state index contributed by atoms with van der Waals surface area (Å²) in [7, 11) is 0. The van der Waals surface area contributed by atoms with Crippen molar-refractivity contribution in [3.05, 3.63) is 60.8 Å². The molecule has 1 heterocycles. The van der Waals surface area contributed by atoms with Crippen molar-refractivity contribution in [3.8, 4) is 0 Å². The SMILES string of the molecule is CC/C=C/CC/C=C/CC/C=C/C(O)C(COC1OC(CO)C(O)C(O)C1O)NC(=O)CCCCCCCCC/C=C\CCCCCCCCCCCCCOC(=O)CCCCCCC/C=C\CCCC. The fourth-order valence-corrected chi connectivity index (χ4v) is 8.68.